The van der Waals surface area contributed by atoms with E-state index >= 15 is 0 Å². The minimum atomic E-state index is -0.465. The van der Waals surface area contributed by atoms with Crippen LogP contribution in [0, 0.1) is 41.5 Å². The van der Waals surface area contributed by atoms with Gasteiger partial charge in [-0.2, -0.15) is 30.6 Å². The van der Waals surface area contributed by atoms with Gasteiger partial charge < -0.3 is 53.1 Å². The Balaban J connectivity index is 0.000000129. The monoisotopic (exact) mass is 2030 g/mol. The van der Waals surface area contributed by atoms with Crippen LogP contribution in [0.3, 0.4) is 0 Å². The average molecular weight is 2030 g/mol. The molecular formula is C110H152BBr2N15O11. The van der Waals surface area contributed by atoms with Gasteiger partial charge in [-0.05, 0) is 402 Å². The van der Waals surface area contributed by atoms with Crippen molar-refractivity contribution in [2.24, 2.45) is 0 Å². The molecule has 3 unspecified atom stereocenters. The quantitative estimate of drug-likeness (QED) is 0.0839. The van der Waals surface area contributed by atoms with Gasteiger partial charge in [-0.25, -0.2) is 18.8 Å². The summed E-state index contributed by atoms with van der Waals surface area (Å²) < 4.78 is 59.7. The van der Waals surface area contributed by atoms with Gasteiger partial charge in [-0.15, -0.1) is 0 Å². The third-order valence-electron chi connectivity index (χ3n) is 29.0. The minimum absolute atomic E-state index is 0.107. The van der Waals surface area contributed by atoms with Crippen LogP contribution in [-0.4, -0.2) is 209 Å². The number of ether oxygens (including phenoxy) is 6. The Hall–Kier alpha value is -8.82. The zero-order chi connectivity index (χ0) is 99.2. The highest BCUT2D eigenvalue weighted by Gasteiger charge is 2.53. The van der Waals surface area contributed by atoms with Crippen LogP contribution in [-0.2, 0) is 42.5 Å². The topological polar surface area (TPSA) is 286 Å². The molecule has 23 rings (SSSR count). The predicted octanol–water partition coefficient (Wildman–Crippen LogP) is 24.7. The zero-order valence-electron chi connectivity index (χ0n) is 86.0. The number of carbonyl (C=O) groups excluding carboxylic acids is 2. The van der Waals surface area contributed by atoms with Crippen LogP contribution >= 0.6 is 31.9 Å². The zero-order valence-corrected chi connectivity index (χ0v) is 88.2. The maximum Gasteiger partial charge on any atom is 0.490 e. The largest absolute Gasteiger partial charge is 0.490 e. The summed E-state index contributed by atoms with van der Waals surface area (Å²) in [6.45, 7) is 40.2. The fourth-order valence-corrected chi connectivity index (χ4v) is 20.9. The summed E-state index contributed by atoms with van der Waals surface area (Å²) >= 11 is 7.03. The van der Waals surface area contributed by atoms with E-state index in [4.69, 9.17) is 39.5 Å². The predicted molar refractivity (Wildman–Crippen MR) is 565 cm³/mol. The van der Waals surface area contributed by atoms with Crippen molar-refractivity contribution in [3.8, 4) is 0 Å². The SMILES string of the molecule is CC(C)(C)OC(=O)N1CC=C(B2OC(C)(C)C(C)(C)O2)CC1.CO.Cc1cc2cn[nH]c2cc1Br.Cc1cc2cn[nH]c2cc1C1CCN(C2COC2)CC1.Cc1cc2cn[nH]c2cc1C1CCNCC1.Cc1cc2cnn(C3CCCCO3)c2cc1Br.Cc1cc2cnn(C3CCCCO3)c2cc1C1=CCCCC1.Cc1cc2cnn(C3CCCCO3)c2cc1C1CCCCC1.O=C1COC1.[2H]CC. The summed E-state index contributed by atoms with van der Waals surface area (Å²) in [4.78, 5) is 26.1. The third-order valence-corrected chi connectivity index (χ3v) is 30.7. The molecule has 0 bridgehead atoms. The van der Waals surface area contributed by atoms with Crippen molar-refractivity contribution in [3.05, 3.63) is 192 Å². The highest BCUT2D eigenvalue weighted by atomic mass is 79.9. The highest BCUT2D eigenvalue weighted by molar-refractivity contribution is 9.10. The van der Waals surface area contributed by atoms with E-state index in [9.17, 15) is 9.59 Å². The van der Waals surface area contributed by atoms with E-state index in [2.05, 4.69) is 216 Å². The second kappa shape index (κ2) is 49.9. The number of aryl methyl sites for hydroxylation is 6. The molecule has 15 heterocycles. The number of aromatic nitrogens is 12. The number of aliphatic hydroxyl groups is 1. The van der Waals surface area contributed by atoms with Crippen LogP contribution in [0.5, 0.6) is 0 Å². The number of rotatable bonds is 9. The molecule has 6 aromatic heterocycles. The number of benzene rings is 6. The number of aromatic amines is 3. The number of H-pyrrole nitrogens is 3. The molecule has 8 saturated heterocycles. The molecule has 9 fully saturated rings. The van der Waals surface area contributed by atoms with Crippen molar-refractivity contribution < 1.29 is 53.8 Å². The molecule has 29 heteroatoms. The van der Waals surface area contributed by atoms with Crippen molar-refractivity contribution in [3.63, 3.8) is 0 Å². The maximum atomic E-state index is 12.1. The number of hydrogen-bond donors (Lipinski definition) is 5. The molecule has 11 aliphatic rings. The summed E-state index contributed by atoms with van der Waals surface area (Å²) in [5.41, 5.74) is 22.6. The van der Waals surface area contributed by atoms with E-state index in [1.165, 1.54) is 240 Å². The Morgan fingerprint density at radius 2 is 0.928 bits per heavy atom. The first kappa shape index (κ1) is 105. The molecule has 3 atom stereocenters. The Bertz CT molecular complexity index is 6030. The summed E-state index contributed by atoms with van der Waals surface area (Å²) in [7, 11) is 0.686. The van der Waals surface area contributed by atoms with Gasteiger partial charge in [-0.3, -0.25) is 25.0 Å². The fraction of sp³-hybridized carbons (Fsp3) is 0.564. The van der Waals surface area contributed by atoms with E-state index in [0.717, 1.165) is 116 Å². The number of nitrogens with one attached hydrogen (secondary N) is 4. The maximum absolute atomic E-state index is 12.1. The first-order valence-electron chi connectivity index (χ1n) is 51.7. The average Bonchev–Trinajstić information content (AvgIpc) is 1.62. The molecule has 139 heavy (non-hydrogen) atoms. The van der Waals surface area contributed by atoms with Gasteiger partial charge >= 0.3 is 13.2 Å². The van der Waals surface area contributed by atoms with Crippen molar-refractivity contribution in [2.45, 2.75) is 311 Å². The van der Waals surface area contributed by atoms with Gasteiger partial charge in [0.25, 0.3) is 0 Å². The van der Waals surface area contributed by atoms with Crippen LogP contribution in [0.2, 0.25) is 0 Å². The summed E-state index contributed by atoms with van der Waals surface area (Å²) in [5.74, 6) is 2.37. The van der Waals surface area contributed by atoms with Crippen LogP contribution in [0.4, 0.5) is 4.79 Å². The minimum Gasteiger partial charge on any atom is -0.444 e. The number of carbonyl (C=O) groups is 2. The molecule has 26 nitrogen and oxygen atoms in total. The number of nitrogens with zero attached hydrogens (tertiary/aromatic N) is 11. The number of halogens is 2. The Morgan fingerprint density at radius 3 is 1.37 bits per heavy atom. The summed E-state index contributed by atoms with van der Waals surface area (Å²) in [6.07, 6.45) is 44.2. The van der Waals surface area contributed by atoms with E-state index in [1.54, 1.807) is 17.4 Å². The fourth-order valence-electron chi connectivity index (χ4n) is 20.2. The lowest BCUT2D eigenvalue weighted by atomic mass is 9.75. The molecule has 2 aliphatic carbocycles. The Kier molecular flexibility index (Phi) is 37.5. The van der Waals surface area contributed by atoms with Crippen molar-refractivity contribution in [1.29, 1.82) is 0 Å². The third kappa shape index (κ3) is 27.4. The number of Topliss-reactive ketones (excluding diaryl/α,β-unsaturated/α-hetero) is 1. The van der Waals surface area contributed by atoms with Gasteiger partial charge in [0.1, 0.15) is 18.8 Å². The van der Waals surface area contributed by atoms with Crippen molar-refractivity contribution in [2.75, 3.05) is 92.6 Å². The van der Waals surface area contributed by atoms with E-state index in [1.807, 2.05) is 102 Å². The summed E-state index contributed by atoms with van der Waals surface area (Å²) in [6, 6.07) is 27.6. The van der Waals surface area contributed by atoms with Gasteiger partial charge in [0, 0.05) is 82.7 Å². The van der Waals surface area contributed by atoms with Crippen molar-refractivity contribution >= 4 is 122 Å². The van der Waals surface area contributed by atoms with E-state index in [-0.39, 0.29) is 48.9 Å². The highest BCUT2D eigenvalue weighted by Crippen LogP contribution is 2.43. The number of hydrogen-bond acceptors (Lipinski definition) is 19. The molecule has 0 radical (unpaired) electrons. The van der Waals surface area contributed by atoms with Crippen LogP contribution < -0.4 is 5.32 Å². The molecule has 1 saturated carbocycles. The molecule has 5 N–H and O–H groups in total. The molecule has 6 aromatic carbocycles. The molecule has 9 aliphatic heterocycles. The number of piperidine rings is 2. The number of amides is 1. The van der Waals surface area contributed by atoms with Crippen LogP contribution in [0.25, 0.3) is 71.0 Å². The van der Waals surface area contributed by atoms with Crippen LogP contribution in [0.1, 0.15) is 303 Å². The van der Waals surface area contributed by atoms with E-state index < -0.39 is 5.60 Å². The standard InChI is InChI=1S/C19H26N2O.C19H24N2O.C16H28BNO4.C16H21N3O.C13H15BrN2O.C13H17N3.C8H7BrN2.C3H4O2.C2H6.CH4O/c2*1-14-11-16-13-20-21(19-9-5-6-10-22-19)18(16)12-17(14)15-7-3-2-4-8-15;1-14(2,3)20-13(19)18-10-8-12(9-11-18)17-21-15(4,5)16(6,7)22-17;1-11-6-13-8-17-18-16(13)7-15(11)12-2-4-19(5-3-12)14-9-20-10-14;1-9-6-10-8-15-16(12(10)7-11(9)14)13-4-2-3-5-17-13;1-9-6-11-8-15-16-13(11)7-12(9)10-2-4-14-5-3-10;1-5-2-6-4-10-11-8(6)3-7(5)9;4-3-1-5-2-3;2*1-2/h11-13,15,19H,2-10H2,1H3;7,11-13,19H,2-6,8-10H2,1H3;8H,9-11H2,1-7H3;6-8,12,14H,2-5,9-10H2,1H3,(H,17,18);6-8,13H,2-5H2,1H3;6-8,10,14H,2-5H2,1H3,(H,15,16);2-4H,1H3,(H,10,11);1-2H2;1-2H3;2H,1H3/i;;;;;;;;1D;. The molecule has 12 aromatic rings. The second-order valence-electron chi connectivity index (χ2n) is 40.7. The lowest BCUT2D eigenvalue weighted by molar-refractivity contribution is -0.140. The van der Waals surface area contributed by atoms with E-state index in [0.29, 0.717) is 51.1 Å². The Morgan fingerprint density at radius 1 is 0.496 bits per heavy atom. The molecule has 1 amide bonds. The van der Waals surface area contributed by atoms with Crippen LogP contribution in [0.15, 0.2) is 137 Å². The van der Waals surface area contributed by atoms with Gasteiger partial charge in [0.05, 0.1) is 101 Å². The van der Waals surface area contributed by atoms with Gasteiger partial charge in [0.2, 0.25) is 0 Å². The first-order valence-corrected chi connectivity index (χ1v) is 52.6. The summed E-state index contributed by atoms with van der Waals surface area (Å²) in [5, 5.41) is 52.6. The normalized spacial score (nSPS) is 20.9. The number of allylic oxidation sites excluding steroid dienone is 2. The number of ketones is 1. The first-order chi connectivity index (χ1) is 67.6. The number of aliphatic hydroxyl groups excluding tert-OH is 1. The number of likely N-dealkylation sites (tertiary alicyclic amines) is 1. The smallest absolute Gasteiger partial charge is 0.444 e. The number of fused-ring (bicyclic) bond motifs is 6. The second-order valence-corrected chi connectivity index (χ2v) is 42.4. The molecule has 0 spiro atoms. The van der Waals surface area contributed by atoms with Gasteiger partial charge in [-0.1, -0.05) is 77.1 Å². The molecule has 750 valence electrons. The molecular weight excluding hydrogens is 1880 g/mol. The van der Waals surface area contributed by atoms with Crippen molar-refractivity contribution in [1.82, 2.24) is 75.1 Å². The lowest BCUT2D eigenvalue weighted by Crippen LogP contribution is -2.51. The Labute approximate surface area is 840 Å². The van der Waals surface area contributed by atoms with Gasteiger partial charge in [0.15, 0.2) is 24.5 Å². The lowest BCUT2D eigenvalue weighted by Gasteiger charge is -2.41.